The zero-order valence-corrected chi connectivity index (χ0v) is 31.6. The minimum absolute atomic E-state index is 0.711. The van der Waals surface area contributed by atoms with Gasteiger partial charge in [-0.05, 0) is 119 Å². The number of para-hydroxylation sites is 2. The highest BCUT2D eigenvalue weighted by atomic mass is 31.2. The van der Waals surface area contributed by atoms with Crippen LogP contribution in [0.25, 0.3) is 65.4 Å². The van der Waals surface area contributed by atoms with E-state index in [1.165, 1.54) is 0 Å². The van der Waals surface area contributed by atoms with Gasteiger partial charge in [0.05, 0.1) is 28.1 Å². The second kappa shape index (κ2) is 11.0. The lowest BCUT2D eigenvalue weighted by molar-refractivity contribution is 0.592. The Balaban J connectivity index is 1.19. The molecule has 0 spiro atoms. The fourth-order valence-electron chi connectivity index (χ4n) is 9.58. The second-order valence-corrected chi connectivity index (χ2v) is 18.0. The highest BCUT2D eigenvalue weighted by Crippen LogP contribution is 2.62. The molecule has 5 nitrogen and oxygen atoms in total. The molecule has 13 rings (SSSR count). The van der Waals surface area contributed by atoms with Crippen molar-refractivity contribution >= 4 is 123 Å². The molecular weight excluding hydrogens is 720 g/mol. The maximum absolute atomic E-state index is 17.2. The number of hydrogen-bond acceptors (Lipinski definition) is 5. The van der Waals surface area contributed by atoms with Gasteiger partial charge in [0.25, 0.3) is 0 Å². The number of aryl methyl sites for hydroxylation is 1. The number of hydrogen-bond donors (Lipinski definition) is 0. The number of rotatable bonds is 2. The average molecular weight is 751 g/mol. The summed E-state index contributed by atoms with van der Waals surface area (Å²) in [4.78, 5) is 4.60. The maximum Gasteiger partial charge on any atom is 0.179 e. The standard InChI is InChI=1S/C51H31N2O3P/c1-30-20-43-51-44(21-30)53(36-18-6-3-7-19-36)42-27-40-38-23-32-13-9-11-15-34(32)25-46(38)56-48(40)29-50(42)57(51,54)49-28-47-39(26-41(49)52(43)35-16-4-2-5-17-35)37-22-31-12-8-10-14-33(31)24-45(37)55-47/h2-29H,1H3. The third-order valence-corrected chi connectivity index (χ3v) is 15.2. The first-order valence-corrected chi connectivity index (χ1v) is 21.0. The zero-order valence-electron chi connectivity index (χ0n) is 30.7. The summed E-state index contributed by atoms with van der Waals surface area (Å²) in [5.41, 5.74) is 9.68. The van der Waals surface area contributed by atoms with Crippen LogP contribution < -0.4 is 25.7 Å². The Kier molecular flexibility index (Phi) is 6.03. The van der Waals surface area contributed by atoms with Crippen molar-refractivity contribution in [1.82, 2.24) is 0 Å². The van der Waals surface area contributed by atoms with Crippen molar-refractivity contribution < 1.29 is 13.4 Å². The Hall–Kier alpha value is -7.07. The Bertz CT molecular complexity index is 3360. The SMILES string of the molecule is Cc1cc2c3c(c1)N(c1ccccc1)c1cc4c(cc1P3(=O)c1cc3oc5cc6ccccc6cc5c3cc1N2c1ccccc1)oc1cc2ccccc2cc14. The highest BCUT2D eigenvalue weighted by molar-refractivity contribution is 7.86. The number of fused-ring (bicyclic) bond motifs is 12. The van der Waals surface area contributed by atoms with Crippen LogP contribution in [0.2, 0.25) is 0 Å². The first-order valence-electron chi connectivity index (χ1n) is 19.3. The van der Waals surface area contributed by atoms with E-state index in [4.69, 9.17) is 8.83 Å². The summed E-state index contributed by atoms with van der Waals surface area (Å²) in [6.45, 7) is 2.13. The first kappa shape index (κ1) is 31.2. The van der Waals surface area contributed by atoms with Crippen LogP contribution in [0.4, 0.5) is 34.1 Å². The van der Waals surface area contributed by atoms with E-state index in [0.717, 1.165) is 110 Å². The molecule has 0 unspecified atom stereocenters. The summed E-state index contributed by atoms with van der Waals surface area (Å²) in [6, 6.07) is 59.2. The summed E-state index contributed by atoms with van der Waals surface area (Å²) in [7, 11) is -3.63. The van der Waals surface area contributed by atoms with Crippen molar-refractivity contribution in [2.75, 3.05) is 9.80 Å². The number of benzene rings is 9. The predicted octanol–water partition coefficient (Wildman–Crippen LogP) is 13.3. The van der Waals surface area contributed by atoms with E-state index in [-0.39, 0.29) is 0 Å². The molecule has 0 fully saturated rings. The molecule has 57 heavy (non-hydrogen) atoms. The molecule has 268 valence electrons. The molecule has 4 heterocycles. The van der Waals surface area contributed by atoms with Gasteiger partial charge in [-0.15, -0.1) is 0 Å². The normalized spacial score (nSPS) is 14.2. The van der Waals surface area contributed by atoms with Crippen molar-refractivity contribution in [3.05, 3.63) is 175 Å². The predicted molar refractivity (Wildman–Crippen MR) is 237 cm³/mol. The minimum Gasteiger partial charge on any atom is -0.456 e. The second-order valence-electron chi connectivity index (χ2n) is 15.4. The van der Waals surface area contributed by atoms with Crippen molar-refractivity contribution in [3.63, 3.8) is 0 Å². The molecule has 11 aromatic rings. The smallest absolute Gasteiger partial charge is 0.179 e. The lowest BCUT2D eigenvalue weighted by Gasteiger charge is -2.45. The number of nitrogens with zero attached hydrogens (tertiary/aromatic N) is 2. The van der Waals surface area contributed by atoms with Crippen LogP contribution >= 0.6 is 7.14 Å². The van der Waals surface area contributed by atoms with Gasteiger partial charge in [0.2, 0.25) is 0 Å². The molecule has 0 atom stereocenters. The molecule has 9 aromatic carbocycles. The zero-order chi connectivity index (χ0) is 37.6. The van der Waals surface area contributed by atoms with Gasteiger partial charge in [-0.25, -0.2) is 0 Å². The largest absolute Gasteiger partial charge is 0.456 e. The van der Waals surface area contributed by atoms with E-state index in [9.17, 15) is 0 Å². The van der Waals surface area contributed by atoms with E-state index >= 15 is 4.57 Å². The van der Waals surface area contributed by atoms with Crippen LogP contribution in [0.15, 0.2) is 179 Å². The minimum atomic E-state index is -3.63. The van der Waals surface area contributed by atoms with Gasteiger partial charge in [0.15, 0.2) is 7.14 Å². The van der Waals surface area contributed by atoms with Crippen LogP contribution in [0, 0.1) is 6.92 Å². The molecule has 2 aliphatic heterocycles. The summed E-state index contributed by atoms with van der Waals surface area (Å²) in [6.07, 6.45) is 0. The van der Waals surface area contributed by atoms with Gasteiger partial charge in [-0.1, -0.05) is 84.9 Å². The topological polar surface area (TPSA) is 49.8 Å². The molecule has 0 amide bonds. The van der Waals surface area contributed by atoms with Crippen LogP contribution in [-0.4, -0.2) is 0 Å². The maximum atomic E-state index is 17.2. The van der Waals surface area contributed by atoms with Gasteiger partial charge in [0, 0.05) is 43.5 Å². The van der Waals surface area contributed by atoms with Crippen LogP contribution in [0.1, 0.15) is 5.56 Å². The molecular formula is C51H31N2O3P. The molecule has 0 bridgehead atoms. The molecule has 0 aliphatic carbocycles. The van der Waals surface area contributed by atoms with Crippen molar-refractivity contribution in [2.24, 2.45) is 0 Å². The Morgan fingerprint density at radius 2 is 0.772 bits per heavy atom. The van der Waals surface area contributed by atoms with Gasteiger partial charge < -0.3 is 23.2 Å². The van der Waals surface area contributed by atoms with E-state index in [0.29, 0.717) is 11.2 Å². The Labute approximate surface area is 327 Å². The van der Waals surface area contributed by atoms with Gasteiger partial charge >= 0.3 is 0 Å². The highest BCUT2D eigenvalue weighted by Gasteiger charge is 2.49. The molecule has 0 saturated carbocycles. The van der Waals surface area contributed by atoms with Crippen LogP contribution in [0.3, 0.4) is 0 Å². The Morgan fingerprint density at radius 3 is 1.21 bits per heavy atom. The molecule has 2 aliphatic rings. The molecule has 0 radical (unpaired) electrons. The first-order chi connectivity index (χ1) is 28.0. The summed E-state index contributed by atoms with van der Waals surface area (Å²) in [5.74, 6) is 0. The fourth-order valence-corrected chi connectivity index (χ4v) is 12.9. The van der Waals surface area contributed by atoms with Crippen molar-refractivity contribution in [3.8, 4) is 0 Å². The van der Waals surface area contributed by atoms with Crippen LogP contribution in [0.5, 0.6) is 0 Å². The summed E-state index contributed by atoms with van der Waals surface area (Å²) < 4.78 is 30.6. The molecule has 2 aromatic heterocycles. The van der Waals surface area contributed by atoms with E-state index in [1.54, 1.807) is 0 Å². The van der Waals surface area contributed by atoms with Crippen molar-refractivity contribution in [1.29, 1.82) is 0 Å². The fraction of sp³-hybridized carbons (Fsp3) is 0.0196. The molecule has 0 N–H and O–H groups in total. The third kappa shape index (κ3) is 4.16. The molecule has 6 heteroatoms. The number of anilines is 6. The summed E-state index contributed by atoms with van der Waals surface area (Å²) in [5, 5.41) is 10.9. The van der Waals surface area contributed by atoms with Gasteiger partial charge in [-0.3, -0.25) is 0 Å². The third-order valence-electron chi connectivity index (χ3n) is 12.1. The van der Waals surface area contributed by atoms with Gasteiger partial charge in [-0.2, -0.15) is 0 Å². The number of furan rings is 2. The monoisotopic (exact) mass is 750 g/mol. The quantitative estimate of drug-likeness (QED) is 0.165. The van der Waals surface area contributed by atoms with Gasteiger partial charge in [0.1, 0.15) is 22.3 Å². The lowest BCUT2D eigenvalue weighted by atomic mass is 10.0. The summed E-state index contributed by atoms with van der Waals surface area (Å²) >= 11 is 0. The van der Waals surface area contributed by atoms with E-state index in [1.807, 2.05) is 12.1 Å². The average Bonchev–Trinajstić information content (AvgIpc) is 3.77. The van der Waals surface area contributed by atoms with Crippen LogP contribution in [-0.2, 0) is 4.57 Å². The Morgan fingerprint density at radius 1 is 0.404 bits per heavy atom. The lowest BCUT2D eigenvalue weighted by Crippen LogP contribution is -2.43. The van der Waals surface area contributed by atoms with E-state index < -0.39 is 7.14 Å². The van der Waals surface area contributed by atoms with Crippen molar-refractivity contribution in [2.45, 2.75) is 6.92 Å². The van der Waals surface area contributed by atoms with E-state index in [2.05, 4.69) is 174 Å². The molecule has 0 saturated heterocycles.